The first-order valence-electron chi connectivity index (χ1n) is 26.9. The van der Waals surface area contributed by atoms with E-state index in [0.29, 0.717) is 18.4 Å². The SMILES string of the molecule is CC(C)C[C@H](NC(=O)[C@H](CO)NC(=O)[C@H](CC(C)C)NC(=O)[C@@H](NC(=O)[C@H](CCCNC(=N)N)NC(=O)[C@H](CCCCN)NC(=O)[C@H](Cc1ccc(O)cc1)NC(=O)[C@@H](N)CS)C(C)C)C(=O)N[C@@H](CC(N)=O)C(=O)N[C@@H](CS)C(=O)O. The first-order valence-corrected chi connectivity index (χ1v) is 28.1. The van der Waals surface area contributed by atoms with E-state index in [1.54, 1.807) is 53.7 Å². The number of guanidine groups is 1. The number of aliphatic hydroxyl groups excluding tert-OH is 1. The van der Waals surface area contributed by atoms with Gasteiger partial charge in [-0.25, -0.2) is 4.79 Å². The summed E-state index contributed by atoms with van der Waals surface area (Å²) in [7, 11) is 0. The van der Waals surface area contributed by atoms with E-state index in [9.17, 15) is 68.1 Å². The van der Waals surface area contributed by atoms with E-state index < -0.39 is 144 Å². The number of phenolic OH excluding ortho intramolecular Hbond substituents is 1. The predicted molar refractivity (Wildman–Crippen MR) is 309 cm³/mol. The third kappa shape index (κ3) is 27.7. The summed E-state index contributed by atoms with van der Waals surface area (Å²) < 4.78 is 0. The van der Waals surface area contributed by atoms with E-state index in [0.717, 1.165) is 0 Å². The van der Waals surface area contributed by atoms with E-state index in [1.165, 1.54) is 12.1 Å². The van der Waals surface area contributed by atoms with Gasteiger partial charge in [0.2, 0.25) is 59.1 Å². The number of aliphatic hydroxyl groups is 1. The zero-order chi connectivity index (χ0) is 62.4. The van der Waals surface area contributed by atoms with Crippen LogP contribution in [0.15, 0.2) is 24.3 Å². The molecule has 0 saturated heterocycles. The number of thiol groups is 2. The first-order chi connectivity index (χ1) is 38.5. The second kappa shape index (κ2) is 37.9. The molecule has 22 N–H and O–H groups in total. The number of unbranched alkanes of at least 4 members (excludes halogenated alkanes) is 1. The zero-order valence-corrected chi connectivity index (χ0v) is 49.0. The fraction of sp³-hybridized carbons (Fsp3) is 0.647. The molecule has 0 heterocycles. The fourth-order valence-corrected chi connectivity index (χ4v) is 8.29. The summed E-state index contributed by atoms with van der Waals surface area (Å²) in [5.74, 6) is -12.6. The van der Waals surface area contributed by atoms with Crippen molar-refractivity contribution in [1.82, 2.24) is 53.2 Å². The molecule has 0 radical (unpaired) electrons. The molecule has 10 amide bonds. The number of benzene rings is 1. The number of carbonyl (C=O) groups is 11. The molecule has 0 spiro atoms. The molecule has 0 bridgehead atoms. The van der Waals surface area contributed by atoms with E-state index >= 15 is 0 Å². The molecule has 29 nitrogen and oxygen atoms in total. The van der Waals surface area contributed by atoms with Crippen molar-refractivity contribution in [3.8, 4) is 5.75 Å². The van der Waals surface area contributed by atoms with Crippen LogP contribution in [0.25, 0.3) is 0 Å². The molecule has 0 saturated carbocycles. The molecule has 1 aromatic rings. The Hall–Kier alpha value is -6.96. The minimum absolute atomic E-state index is 0.0298. The zero-order valence-electron chi connectivity index (χ0n) is 47.3. The van der Waals surface area contributed by atoms with Gasteiger partial charge in [-0.05, 0) is 86.9 Å². The maximum absolute atomic E-state index is 14.3. The summed E-state index contributed by atoms with van der Waals surface area (Å²) >= 11 is 7.97. The van der Waals surface area contributed by atoms with Gasteiger partial charge in [0.15, 0.2) is 5.96 Å². The monoisotopic (exact) mass is 1200 g/mol. The number of primary amides is 1. The van der Waals surface area contributed by atoms with Gasteiger partial charge in [-0.15, -0.1) is 0 Å². The Labute approximate surface area is 488 Å². The lowest BCUT2D eigenvalue weighted by Gasteiger charge is -2.29. The van der Waals surface area contributed by atoms with E-state index in [1.807, 2.05) is 0 Å². The molecule has 1 aromatic carbocycles. The molecule has 0 aliphatic heterocycles. The highest BCUT2D eigenvalue weighted by atomic mass is 32.1. The van der Waals surface area contributed by atoms with Gasteiger partial charge in [-0.1, -0.05) is 53.7 Å². The van der Waals surface area contributed by atoms with Crippen LogP contribution in [0.3, 0.4) is 0 Å². The highest BCUT2D eigenvalue weighted by molar-refractivity contribution is 7.80. The average Bonchev–Trinajstić information content (AvgIpc) is 3.44. The second-order valence-electron chi connectivity index (χ2n) is 20.8. The number of aromatic hydroxyl groups is 1. The maximum Gasteiger partial charge on any atom is 0.327 e. The molecule has 82 heavy (non-hydrogen) atoms. The van der Waals surface area contributed by atoms with Crippen LogP contribution in [0.4, 0.5) is 0 Å². The second-order valence-corrected chi connectivity index (χ2v) is 21.5. The van der Waals surface area contributed by atoms with Crippen LogP contribution in [0.1, 0.15) is 98.5 Å². The minimum atomic E-state index is -1.73. The van der Waals surface area contributed by atoms with Crippen molar-refractivity contribution in [1.29, 1.82) is 5.41 Å². The van der Waals surface area contributed by atoms with Crippen molar-refractivity contribution in [3.63, 3.8) is 0 Å². The molecule has 0 aliphatic carbocycles. The topological polar surface area (TPSA) is 497 Å². The van der Waals surface area contributed by atoms with Crippen molar-refractivity contribution in [2.24, 2.45) is 40.7 Å². The number of nitrogens with two attached hydrogens (primary N) is 4. The number of rotatable bonds is 39. The predicted octanol–water partition coefficient (Wildman–Crippen LogP) is -4.42. The lowest BCUT2D eigenvalue weighted by atomic mass is 9.99. The normalized spacial score (nSPS) is 14.9. The molecule has 0 unspecified atom stereocenters. The number of carbonyl (C=O) groups excluding carboxylic acids is 10. The molecule has 1 rings (SSSR count). The largest absolute Gasteiger partial charge is 0.508 e. The molecular weight excluding hydrogens is 1110 g/mol. The van der Waals surface area contributed by atoms with Gasteiger partial charge in [-0.3, -0.25) is 53.4 Å². The highest BCUT2D eigenvalue weighted by Crippen LogP contribution is 2.15. The van der Waals surface area contributed by atoms with Gasteiger partial charge < -0.3 is 91.4 Å². The maximum atomic E-state index is 14.3. The standard InChI is InChI=1S/C51H87N15O14S2/c1-25(2)18-33(44(73)62-36(21-39(54)69)47(76)65-38(24-82)50(79)80)61-48(77)37(22-67)64-45(74)34(19-26(3)4)63-49(78)40(27(5)6)66-43(72)32(11-9-17-57-51(55)56)58-42(71)31(10-7-8-16-52)59-46(75)35(60-41(70)30(53)23-81)20-28-12-14-29(68)15-13-28/h12-15,25-27,30-38,40,67-68,81-82H,7-11,16-24,52-53H2,1-6H3,(H2,54,69)(H,58,71)(H,59,75)(H,60,70)(H,61,77)(H,62,73)(H,63,78)(H,64,74)(H,65,76)(H,66,72)(H,79,80)(H4,55,56,57)/t30-,31-,32-,33-,34-,35-,36-,37-,38-,40-/m0/s1. The van der Waals surface area contributed by atoms with Crippen molar-refractivity contribution in [2.75, 3.05) is 31.2 Å². The smallest absolute Gasteiger partial charge is 0.327 e. The van der Waals surface area contributed by atoms with Crippen LogP contribution in [-0.2, 0) is 59.2 Å². The van der Waals surface area contributed by atoms with Crippen molar-refractivity contribution in [3.05, 3.63) is 29.8 Å². The Morgan fingerprint density at radius 2 is 0.976 bits per heavy atom. The van der Waals surface area contributed by atoms with Crippen molar-refractivity contribution >= 4 is 96.3 Å². The Morgan fingerprint density at radius 1 is 0.549 bits per heavy atom. The summed E-state index contributed by atoms with van der Waals surface area (Å²) in [6.07, 6.45) is -0.0750. The molecule has 0 aromatic heterocycles. The number of hydrogen-bond acceptors (Lipinski definition) is 18. The number of nitrogens with one attached hydrogen (secondary N) is 11. The number of phenols is 1. The van der Waals surface area contributed by atoms with Gasteiger partial charge in [0.05, 0.1) is 19.1 Å². The van der Waals surface area contributed by atoms with Crippen LogP contribution >= 0.6 is 25.3 Å². The minimum Gasteiger partial charge on any atom is -0.508 e. The average molecular weight is 1200 g/mol. The van der Waals surface area contributed by atoms with E-state index in [4.69, 9.17) is 28.3 Å². The summed E-state index contributed by atoms with van der Waals surface area (Å²) in [6, 6.07) is -8.31. The lowest BCUT2D eigenvalue weighted by molar-refractivity contribution is -0.142. The van der Waals surface area contributed by atoms with Crippen molar-refractivity contribution in [2.45, 2.75) is 160 Å². The highest BCUT2D eigenvalue weighted by Gasteiger charge is 2.37. The van der Waals surface area contributed by atoms with Gasteiger partial charge in [0, 0.05) is 24.5 Å². The summed E-state index contributed by atoms with van der Waals surface area (Å²) in [6.45, 7) is 9.37. The van der Waals surface area contributed by atoms with Gasteiger partial charge in [0.25, 0.3) is 0 Å². The molecular formula is C51H87N15O14S2. The third-order valence-electron chi connectivity index (χ3n) is 12.3. The summed E-state index contributed by atoms with van der Waals surface area (Å²) in [5, 5.41) is 62.3. The lowest BCUT2D eigenvalue weighted by Crippen LogP contribution is -2.62. The Bertz CT molecular complexity index is 2320. The van der Waals surface area contributed by atoms with Crippen molar-refractivity contribution < 1.29 is 68.1 Å². The molecule has 10 atom stereocenters. The molecule has 0 aliphatic rings. The molecule has 31 heteroatoms. The molecule has 0 fully saturated rings. The van der Waals surface area contributed by atoms with Crippen LogP contribution in [0.5, 0.6) is 5.75 Å². The number of carboxylic acid groups (broad SMARTS) is 1. The first kappa shape index (κ1) is 73.1. The summed E-state index contributed by atoms with van der Waals surface area (Å²) in [5.41, 5.74) is 23.0. The summed E-state index contributed by atoms with van der Waals surface area (Å²) in [4.78, 5) is 148. The Morgan fingerprint density at radius 3 is 1.44 bits per heavy atom. The van der Waals surface area contributed by atoms with E-state index in [-0.39, 0.29) is 86.7 Å². The number of hydrogen-bond donors (Lipinski definition) is 20. The van der Waals surface area contributed by atoms with Gasteiger partial charge in [-0.2, -0.15) is 25.3 Å². The van der Waals surface area contributed by atoms with E-state index in [2.05, 4.69) is 78.4 Å². The Balaban J connectivity index is 3.51. The number of aliphatic carboxylic acids is 1. The van der Waals surface area contributed by atoms with Gasteiger partial charge in [0.1, 0.15) is 60.1 Å². The third-order valence-corrected chi connectivity index (χ3v) is 13.1. The van der Waals surface area contributed by atoms with Gasteiger partial charge >= 0.3 is 5.97 Å². The molecule has 462 valence electrons. The fourth-order valence-electron chi connectivity index (χ4n) is 7.88. The van der Waals surface area contributed by atoms with Crippen LogP contribution < -0.4 is 76.1 Å². The number of amides is 10. The van der Waals surface area contributed by atoms with Crippen LogP contribution in [0, 0.1) is 23.2 Å². The van der Waals surface area contributed by atoms with Crippen LogP contribution in [0.2, 0.25) is 0 Å². The van der Waals surface area contributed by atoms with Crippen LogP contribution in [-0.4, -0.2) is 178 Å². The Kier molecular flexibility index (Phi) is 33.8. The quantitative estimate of drug-likeness (QED) is 0.0128. The number of carboxylic acids is 1.